The monoisotopic (exact) mass is 220 g/mol. The summed E-state index contributed by atoms with van der Waals surface area (Å²) < 4.78 is 11.9. The summed E-state index contributed by atoms with van der Waals surface area (Å²) in [6, 6.07) is 8.18. The third-order valence-corrected chi connectivity index (χ3v) is 2.90. The summed E-state index contributed by atoms with van der Waals surface area (Å²) >= 11 is 0. The largest absolute Gasteiger partial charge is 0.464 e. The standard InChI is InChI=1S/C14H20O2/c1-9(2)13-11-7-5-6-8-12(11)15-14(16-13)10(3)4/h5-10,13-14H,1-4H3. The molecule has 2 heteroatoms. The lowest BCUT2D eigenvalue weighted by Crippen LogP contribution is -2.34. The molecule has 0 aromatic heterocycles. The topological polar surface area (TPSA) is 18.5 Å². The second-order valence-electron chi connectivity index (χ2n) is 5.07. The van der Waals surface area contributed by atoms with E-state index in [4.69, 9.17) is 9.47 Å². The van der Waals surface area contributed by atoms with Crippen molar-refractivity contribution in [2.45, 2.75) is 40.1 Å². The molecule has 0 fully saturated rings. The molecule has 2 unspecified atom stereocenters. The Hall–Kier alpha value is -1.02. The lowest BCUT2D eigenvalue weighted by molar-refractivity contribution is -0.174. The number of fused-ring (bicyclic) bond motifs is 1. The molecule has 0 amide bonds. The molecule has 1 heterocycles. The van der Waals surface area contributed by atoms with E-state index < -0.39 is 0 Å². The molecular formula is C14H20O2. The van der Waals surface area contributed by atoms with E-state index in [2.05, 4.69) is 33.8 Å². The summed E-state index contributed by atoms with van der Waals surface area (Å²) in [5, 5.41) is 0. The Bertz CT molecular complexity index is 358. The maximum absolute atomic E-state index is 6.01. The minimum atomic E-state index is -0.123. The predicted octanol–water partition coefficient (Wildman–Crippen LogP) is 3.77. The van der Waals surface area contributed by atoms with Crippen LogP contribution in [-0.4, -0.2) is 6.29 Å². The van der Waals surface area contributed by atoms with E-state index in [-0.39, 0.29) is 12.4 Å². The molecule has 0 aliphatic carbocycles. The van der Waals surface area contributed by atoms with E-state index in [9.17, 15) is 0 Å². The minimum Gasteiger partial charge on any atom is -0.464 e. The minimum absolute atomic E-state index is 0.123. The van der Waals surface area contributed by atoms with Crippen molar-refractivity contribution in [1.29, 1.82) is 0 Å². The quantitative estimate of drug-likeness (QED) is 0.755. The molecule has 2 atom stereocenters. The molecule has 0 spiro atoms. The molecular weight excluding hydrogens is 200 g/mol. The molecule has 0 bridgehead atoms. The van der Waals surface area contributed by atoms with E-state index >= 15 is 0 Å². The van der Waals surface area contributed by atoms with Gasteiger partial charge in [-0.2, -0.15) is 0 Å². The van der Waals surface area contributed by atoms with Gasteiger partial charge in [-0.05, 0) is 12.0 Å². The third kappa shape index (κ3) is 2.07. The molecule has 1 aliphatic heterocycles. The van der Waals surface area contributed by atoms with Gasteiger partial charge in [0.1, 0.15) is 5.75 Å². The number of hydrogen-bond acceptors (Lipinski definition) is 2. The average molecular weight is 220 g/mol. The van der Waals surface area contributed by atoms with Crippen molar-refractivity contribution in [3.8, 4) is 5.75 Å². The molecule has 1 aromatic rings. The second-order valence-corrected chi connectivity index (χ2v) is 5.07. The zero-order valence-corrected chi connectivity index (χ0v) is 10.4. The van der Waals surface area contributed by atoms with Gasteiger partial charge in [-0.25, -0.2) is 0 Å². The van der Waals surface area contributed by atoms with Gasteiger partial charge < -0.3 is 9.47 Å². The Labute approximate surface area is 97.6 Å². The van der Waals surface area contributed by atoms with Crippen LogP contribution in [0, 0.1) is 11.8 Å². The Morgan fingerprint density at radius 1 is 1.00 bits per heavy atom. The van der Waals surface area contributed by atoms with E-state index in [1.807, 2.05) is 18.2 Å². The normalized spacial score (nSPS) is 24.4. The van der Waals surface area contributed by atoms with Crippen molar-refractivity contribution < 1.29 is 9.47 Å². The molecule has 1 aliphatic rings. The molecule has 88 valence electrons. The smallest absolute Gasteiger partial charge is 0.202 e. The number of para-hydroxylation sites is 1. The third-order valence-electron chi connectivity index (χ3n) is 2.90. The highest BCUT2D eigenvalue weighted by molar-refractivity contribution is 5.36. The van der Waals surface area contributed by atoms with Crippen molar-refractivity contribution in [1.82, 2.24) is 0 Å². The van der Waals surface area contributed by atoms with Gasteiger partial charge in [-0.3, -0.25) is 0 Å². The Morgan fingerprint density at radius 3 is 2.31 bits per heavy atom. The van der Waals surface area contributed by atoms with Crippen molar-refractivity contribution >= 4 is 0 Å². The van der Waals surface area contributed by atoms with Crippen LogP contribution in [0.3, 0.4) is 0 Å². The molecule has 2 nitrogen and oxygen atoms in total. The fourth-order valence-electron chi connectivity index (χ4n) is 2.00. The Kier molecular flexibility index (Phi) is 3.20. The van der Waals surface area contributed by atoms with Gasteiger partial charge in [0.15, 0.2) is 0 Å². The Morgan fingerprint density at radius 2 is 1.69 bits per heavy atom. The van der Waals surface area contributed by atoms with E-state index in [0.29, 0.717) is 11.8 Å². The fraction of sp³-hybridized carbons (Fsp3) is 0.571. The number of ether oxygens (including phenoxy) is 2. The molecule has 1 aromatic carbocycles. The van der Waals surface area contributed by atoms with Gasteiger partial charge in [0.05, 0.1) is 6.10 Å². The Balaban J connectivity index is 2.33. The van der Waals surface area contributed by atoms with Crippen molar-refractivity contribution in [2.24, 2.45) is 11.8 Å². The van der Waals surface area contributed by atoms with Crippen LogP contribution < -0.4 is 4.74 Å². The first-order valence-corrected chi connectivity index (χ1v) is 6.00. The lowest BCUT2D eigenvalue weighted by Gasteiger charge is -2.36. The highest BCUT2D eigenvalue weighted by Gasteiger charge is 2.31. The summed E-state index contributed by atoms with van der Waals surface area (Å²) in [6.07, 6.45) is 0.0275. The van der Waals surface area contributed by atoms with Gasteiger partial charge in [-0.15, -0.1) is 0 Å². The summed E-state index contributed by atoms with van der Waals surface area (Å²) in [7, 11) is 0. The first-order valence-electron chi connectivity index (χ1n) is 6.00. The van der Waals surface area contributed by atoms with Gasteiger partial charge in [-0.1, -0.05) is 45.9 Å². The predicted molar refractivity (Wildman–Crippen MR) is 64.4 cm³/mol. The van der Waals surface area contributed by atoms with Gasteiger partial charge in [0.2, 0.25) is 6.29 Å². The molecule has 0 saturated heterocycles. The van der Waals surface area contributed by atoms with E-state index in [1.54, 1.807) is 0 Å². The highest BCUT2D eigenvalue weighted by Crippen LogP contribution is 2.39. The molecule has 0 N–H and O–H groups in total. The van der Waals surface area contributed by atoms with E-state index in [0.717, 1.165) is 5.75 Å². The van der Waals surface area contributed by atoms with Gasteiger partial charge in [0.25, 0.3) is 0 Å². The maximum Gasteiger partial charge on any atom is 0.202 e. The summed E-state index contributed by atoms with van der Waals surface area (Å²) in [5.41, 5.74) is 1.18. The van der Waals surface area contributed by atoms with Gasteiger partial charge >= 0.3 is 0 Å². The SMILES string of the molecule is CC(C)C1Oc2ccccc2C(C(C)C)O1. The number of rotatable bonds is 2. The highest BCUT2D eigenvalue weighted by atomic mass is 16.7. The summed E-state index contributed by atoms with van der Waals surface area (Å²) in [4.78, 5) is 0. The van der Waals surface area contributed by atoms with Crippen LogP contribution >= 0.6 is 0 Å². The van der Waals surface area contributed by atoms with Crippen molar-refractivity contribution in [3.63, 3.8) is 0 Å². The number of benzene rings is 1. The second kappa shape index (κ2) is 4.46. The van der Waals surface area contributed by atoms with Crippen molar-refractivity contribution in [2.75, 3.05) is 0 Å². The first kappa shape index (κ1) is 11.5. The summed E-state index contributed by atoms with van der Waals surface area (Å²) in [6.45, 7) is 8.61. The molecule has 16 heavy (non-hydrogen) atoms. The molecule has 0 saturated carbocycles. The molecule has 2 rings (SSSR count). The summed E-state index contributed by atoms with van der Waals surface area (Å²) in [5.74, 6) is 1.81. The van der Waals surface area contributed by atoms with E-state index in [1.165, 1.54) is 5.56 Å². The van der Waals surface area contributed by atoms with Crippen LogP contribution in [0.4, 0.5) is 0 Å². The van der Waals surface area contributed by atoms with Crippen LogP contribution in [-0.2, 0) is 4.74 Å². The average Bonchev–Trinajstić information content (AvgIpc) is 2.27. The van der Waals surface area contributed by atoms with Crippen molar-refractivity contribution in [3.05, 3.63) is 29.8 Å². The van der Waals surface area contributed by atoms with Gasteiger partial charge in [0, 0.05) is 11.5 Å². The number of hydrogen-bond donors (Lipinski definition) is 0. The molecule has 0 radical (unpaired) electrons. The van der Waals surface area contributed by atoms with Crippen LogP contribution in [0.15, 0.2) is 24.3 Å². The van der Waals surface area contributed by atoms with Crippen LogP contribution in [0.1, 0.15) is 39.4 Å². The van der Waals surface area contributed by atoms with Crippen LogP contribution in [0.5, 0.6) is 5.75 Å². The lowest BCUT2D eigenvalue weighted by atomic mass is 9.96. The zero-order chi connectivity index (χ0) is 11.7. The first-order chi connectivity index (χ1) is 7.59. The zero-order valence-electron chi connectivity index (χ0n) is 10.4. The van der Waals surface area contributed by atoms with Crippen LogP contribution in [0.25, 0.3) is 0 Å². The fourth-order valence-corrected chi connectivity index (χ4v) is 2.00. The maximum atomic E-state index is 6.01. The van der Waals surface area contributed by atoms with Crippen LogP contribution in [0.2, 0.25) is 0 Å².